The molecular weight excluding hydrogens is 424 g/mol. The number of carbonyl (C=O) groups is 1. The van der Waals surface area contributed by atoms with Crippen LogP contribution in [0.5, 0.6) is 0 Å². The van der Waals surface area contributed by atoms with Crippen molar-refractivity contribution in [2.75, 3.05) is 11.5 Å². The summed E-state index contributed by atoms with van der Waals surface area (Å²) in [6, 6.07) is 12.6. The van der Waals surface area contributed by atoms with E-state index in [0.29, 0.717) is 6.42 Å². The topological polar surface area (TPSA) is 101 Å². The summed E-state index contributed by atoms with van der Waals surface area (Å²) in [4.78, 5) is 13.2. The van der Waals surface area contributed by atoms with Gasteiger partial charge in [-0.05, 0) is 43.0 Å². The van der Waals surface area contributed by atoms with Crippen LogP contribution in [0.3, 0.4) is 0 Å². The highest BCUT2D eigenvalue weighted by Gasteiger charge is 2.41. The number of aryl methyl sites for hydroxylation is 1. The van der Waals surface area contributed by atoms with Gasteiger partial charge >= 0.3 is 0 Å². The highest BCUT2D eigenvalue weighted by atomic mass is 32.2. The Morgan fingerprint density at radius 2 is 1.73 bits per heavy atom. The van der Waals surface area contributed by atoms with E-state index in [1.54, 1.807) is 24.3 Å². The van der Waals surface area contributed by atoms with Crippen LogP contribution in [0.1, 0.15) is 23.1 Å². The predicted molar refractivity (Wildman–Crippen MR) is 113 cm³/mol. The second kappa shape index (κ2) is 7.79. The number of sulfone groups is 1. The maximum atomic E-state index is 13.4. The monoisotopic (exact) mass is 448 g/mol. The number of benzene rings is 2. The summed E-state index contributed by atoms with van der Waals surface area (Å²) in [5.74, 6) is -0.522. The van der Waals surface area contributed by atoms with Crippen molar-refractivity contribution in [1.82, 2.24) is 9.62 Å². The van der Waals surface area contributed by atoms with Crippen LogP contribution in [0.15, 0.2) is 53.4 Å². The van der Waals surface area contributed by atoms with Gasteiger partial charge in [-0.2, -0.15) is 4.31 Å². The lowest BCUT2D eigenvalue weighted by atomic mass is 9.95. The second-order valence-electron chi connectivity index (χ2n) is 7.96. The summed E-state index contributed by atoms with van der Waals surface area (Å²) in [6.07, 6.45) is 0.592. The van der Waals surface area contributed by atoms with Gasteiger partial charge in [0, 0.05) is 12.6 Å². The summed E-state index contributed by atoms with van der Waals surface area (Å²) in [7, 11) is -7.07. The zero-order valence-corrected chi connectivity index (χ0v) is 18.2. The number of nitrogens with one attached hydrogen (secondary N) is 1. The molecule has 1 N–H and O–H groups in total. The predicted octanol–water partition coefficient (Wildman–Crippen LogP) is 1.41. The molecule has 0 aliphatic carbocycles. The summed E-state index contributed by atoms with van der Waals surface area (Å²) >= 11 is 0. The van der Waals surface area contributed by atoms with E-state index in [4.69, 9.17) is 0 Å². The number of rotatable bonds is 4. The Balaban J connectivity index is 1.67. The maximum Gasteiger partial charge on any atom is 0.244 e. The number of sulfonamides is 1. The van der Waals surface area contributed by atoms with Crippen molar-refractivity contribution in [1.29, 1.82) is 0 Å². The molecule has 0 bridgehead atoms. The molecule has 2 aliphatic rings. The van der Waals surface area contributed by atoms with Crippen LogP contribution in [-0.4, -0.2) is 50.6 Å². The Labute approximate surface area is 177 Å². The number of hydrogen-bond donors (Lipinski definition) is 1. The first-order valence-electron chi connectivity index (χ1n) is 9.82. The van der Waals surface area contributed by atoms with Crippen LogP contribution in [0.4, 0.5) is 0 Å². The van der Waals surface area contributed by atoms with Crippen molar-refractivity contribution in [3.63, 3.8) is 0 Å². The number of amides is 1. The molecule has 2 heterocycles. The van der Waals surface area contributed by atoms with Crippen molar-refractivity contribution in [2.45, 2.75) is 43.3 Å². The third-order valence-corrected chi connectivity index (χ3v) is 9.35. The van der Waals surface area contributed by atoms with Crippen molar-refractivity contribution in [3.05, 3.63) is 65.2 Å². The standard InChI is InChI=1S/C21H24N2O5S2/c1-15-6-8-19(9-7-15)30(27,28)23-13-17-5-3-2-4-16(17)12-20(23)21(24)22-18-10-11-29(25,26)14-18/h2-9,18,20H,10-14H2,1H3,(H,22,24)/t18-,20+/m0/s1. The summed E-state index contributed by atoms with van der Waals surface area (Å²) in [5.41, 5.74) is 2.72. The summed E-state index contributed by atoms with van der Waals surface area (Å²) < 4.78 is 51.5. The molecule has 0 unspecified atom stereocenters. The fourth-order valence-electron chi connectivity index (χ4n) is 4.03. The molecule has 1 amide bonds. The largest absolute Gasteiger partial charge is 0.351 e. The number of hydrogen-bond acceptors (Lipinski definition) is 5. The average molecular weight is 449 g/mol. The second-order valence-corrected chi connectivity index (χ2v) is 12.1. The molecule has 1 fully saturated rings. The van der Waals surface area contributed by atoms with E-state index >= 15 is 0 Å². The molecule has 7 nitrogen and oxygen atoms in total. The Kier molecular flexibility index (Phi) is 5.46. The van der Waals surface area contributed by atoms with Gasteiger partial charge in [0.2, 0.25) is 15.9 Å². The third-order valence-electron chi connectivity index (χ3n) is 5.71. The van der Waals surface area contributed by atoms with E-state index in [1.807, 2.05) is 31.2 Å². The molecule has 2 aliphatic heterocycles. The van der Waals surface area contributed by atoms with Gasteiger partial charge in [0.25, 0.3) is 0 Å². The highest BCUT2D eigenvalue weighted by Crippen LogP contribution is 2.29. The molecule has 4 rings (SSSR count). The van der Waals surface area contributed by atoms with Crippen LogP contribution < -0.4 is 5.32 Å². The normalized spacial score (nSPS) is 23.6. The fraction of sp³-hybridized carbons (Fsp3) is 0.381. The van der Waals surface area contributed by atoms with Gasteiger partial charge in [0.05, 0.1) is 16.4 Å². The van der Waals surface area contributed by atoms with Crippen LogP contribution in [0, 0.1) is 6.92 Å². The lowest BCUT2D eigenvalue weighted by molar-refractivity contribution is -0.125. The highest BCUT2D eigenvalue weighted by molar-refractivity contribution is 7.91. The lowest BCUT2D eigenvalue weighted by Gasteiger charge is -2.35. The average Bonchev–Trinajstić information content (AvgIpc) is 3.05. The Morgan fingerprint density at radius 1 is 1.07 bits per heavy atom. The van der Waals surface area contributed by atoms with Gasteiger partial charge in [-0.25, -0.2) is 16.8 Å². The first kappa shape index (κ1) is 21.0. The van der Waals surface area contributed by atoms with E-state index in [2.05, 4.69) is 5.32 Å². The van der Waals surface area contributed by atoms with Gasteiger partial charge in [-0.15, -0.1) is 0 Å². The molecule has 0 spiro atoms. The number of fused-ring (bicyclic) bond motifs is 1. The molecule has 2 aromatic rings. The molecule has 0 radical (unpaired) electrons. The van der Waals surface area contributed by atoms with Crippen molar-refractivity contribution in [3.8, 4) is 0 Å². The number of nitrogens with zero attached hydrogens (tertiary/aromatic N) is 1. The van der Waals surface area contributed by atoms with Crippen molar-refractivity contribution >= 4 is 25.8 Å². The SMILES string of the molecule is Cc1ccc(S(=O)(=O)N2Cc3ccccc3C[C@@H]2C(=O)N[C@H]2CCS(=O)(=O)C2)cc1. The van der Waals surface area contributed by atoms with Gasteiger partial charge in [-0.3, -0.25) is 4.79 Å². The number of carbonyl (C=O) groups excluding carboxylic acids is 1. The molecule has 2 aromatic carbocycles. The van der Waals surface area contributed by atoms with Crippen LogP contribution in [0.25, 0.3) is 0 Å². The van der Waals surface area contributed by atoms with Crippen LogP contribution in [-0.2, 0) is 37.6 Å². The minimum Gasteiger partial charge on any atom is -0.351 e. The zero-order valence-electron chi connectivity index (χ0n) is 16.6. The fourth-order valence-corrected chi connectivity index (χ4v) is 7.27. The summed E-state index contributed by atoms with van der Waals surface area (Å²) in [6.45, 7) is 1.97. The quantitative estimate of drug-likeness (QED) is 0.762. The van der Waals surface area contributed by atoms with Gasteiger partial charge in [0.15, 0.2) is 9.84 Å². The van der Waals surface area contributed by atoms with Gasteiger partial charge < -0.3 is 5.32 Å². The molecular formula is C21H24N2O5S2. The first-order chi connectivity index (χ1) is 14.2. The van der Waals surface area contributed by atoms with Gasteiger partial charge in [0.1, 0.15) is 6.04 Å². The third kappa shape index (κ3) is 4.14. The van der Waals surface area contributed by atoms with E-state index in [1.165, 1.54) is 4.31 Å². The first-order valence-corrected chi connectivity index (χ1v) is 13.1. The van der Waals surface area contributed by atoms with Crippen molar-refractivity contribution in [2.24, 2.45) is 0 Å². The Hall–Kier alpha value is -2.23. The van der Waals surface area contributed by atoms with Crippen LogP contribution >= 0.6 is 0 Å². The Morgan fingerprint density at radius 3 is 2.37 bits per heavy atom. The van der Waals surface area contributed by atoms with Crippen LogP contribution in [0.2, 0.25) is 0 Å². The van der Waals surface area contributed by atoms with E-state index in [-0.39, 0.29) is 29.4 Å². The lowest BCUT2D eigenvalue weighted by Crippen LogP contribution is -2.54. The molecule has 0 aromatic heterocycles. The molecule has 1 saturated heterocycles. The smallest absolute Gasteiger partial charge is 0.244 e. The van der Waals surface area contributed by atoms with E-state index < -0.39 is 37.9 Å². The zero-order chi connectivity index (χ0) is 21.5. The van der Waals surface area contributed by atoms with Gasteiger partial charge in [-0.1, -0.05) is 42.0 Å². The van der Waals surface area contributed by atoms with E-state index in [9.17, 15) is 21.6 Å². The Bertz CT molecular complexity index is 1170. The summed E-state index contributed by atoms with van der Waals surface area (Å²) in [5, 5.41) is 2.77. The molecule has 160 valence electrons. The van der Waals surface area contributed by atoms with Crippen molar-refractivity contribution < 1.29 is 21.6 Å². The minimum atomic E-state index is -3.92. The molecule has 0 saturated carbocycles. The molecule has 30 heavy (non-hydrogen) atoms. The maximum absolute atomic E-state index is 13.4. The molecule has 9 heteroatoms. The van der Waals surface area contributed by atoms with E-state index in [0.717, 1.165) is 16.7 Å². The minimum absolute atomic E-state index is 0.0385. The molecule has 2 atom stereocenters.